The van der Waals surface area contributed by atoms with Crippen molar-refractivity contribution in [3.63, 3.8) is 0 Å². The van der Waals surface area contributed by atoms with Gasteiger partial charge in [-0.05, 0) is 68.7 Å². The fourth-order valence-corrected chi connectivity index (χ4v) is 7.39. The minimum absolute atomic E-state index is 0.0950. The van der Waals surface area contributed by atoms with Crippen LogP contribution in [0.25, 0.3) is 55.3 Å². The summed E-state index contributed by atoms with van der Waals surface area (Å²) in [6, 6.07) is 10.1. The van der Waals surface area contributed by atoms with Gasteiger partial charge in [0, 0.05) is 88.3 Å². The molecule has 14 nitrogen and oxygen atoms in total. The van der Waals surface area contributed by atoms with Crippen LogP contribution in [0.1, 0.15) is 132 Å². The quantitative estimate of drug-likeness (QED) is 0.0985. The Morgan fingerprint density at radius 1 is 0.415 bits per heavy atom. The van der Waals surface area contributed by atoms with Gasteiger partial charge in [0.2, 0.25) is 0 Å². The first kappa shape index (κ1) is 47.6. The van der Waals surface area contributed by atoms with Gasteiger partial charge in [0.1, 0.15) is 23.1 Å². The van der Waals surface area contributed by atoms with Gasteiger partial charge in [0.15, 0.2) is 16.9 Å². The van der Waals surface area contributed by atoms with Gasteiger partial charge < -0.3 is 19.9 Å². The molecule has 5 N–H and O–H groups in total. The first-order valence-electron chi connectivity index (χ1n) is 22.0. The van der Waals surface area contributed by atoms with Crippen LogP contribution >= 0.6 is 0 Å². The molecule has 10 rings (SSSR count). The number of hydrogen-bond donors (Lipinski definition) is 5. The molecule has 0 saturated heterocycles. The SMILES string of the molecule is CC(C)(C)c1[nH]nc2ncccc12.CC(C)(C)c1c[nH]c2ncccc12.CC(C)(C)c1c[nH]c2nccnc12.CC(C)(C)c1c[nH]c2ncncc12.CC(C)(C)c1c[nH]c2nnccc12. The van der Waals surface area contributed by atoms with E-state index in [0.29, 0.717) is 0 Å². The molecule has 0 aliphatic rings. The first-order valence-corrected chi connectivity index (χ1v) is 22.0. The Morgan fingerprint density at radius 2 is 0.908 bits per heavy atom. The highest BCUT2D eigenvalue weighted by molar-refractivity contribution is 5.82. The van der Waals surface area contributed by atoms with E-state index in [4.69, 9.17) is 0 Å². The zero-order valence-electron chi connectivity index (χ0n) is 40.8. The van der Waals surface area contributed by atoms with E-state index in [1.54, 1.807) is 31.1 Å². The topological polar surface area (TPSA) is 195 Å². The lowest BCUT2D eigenvalue weighted by molar-refractivity contribution is 0.571. The number of H-pyrrole nitrogens is 5. The monoisotopic (exact) mass is 875 g/mol. The van der Waals surface area contributed by atoms with Crippen molar-refractivity contribution in [2.45, 2.75) is 131 Å². The Morgan fingerprint density at radius 3 is 1.52 bits per heavy atom. The van der Waals surface area contributed by atoms with E-state index in [1.807, 2.05) is 55.2 Å². The molecule has 340 valence electrons. The third-order valence-corrected chi connectivity index (χ3v) is 10.8. The number of aromatic amines is 5. The van der Waals surface area contributed by atoms with E-state index in [0.717, 1.165) is 50.2 Å². The average Bonchev–Trinajstić information content (AvgIpc) is 4.08. The zero-order valence-corrected chi connectivity index (χ0v) is 40.8. The maximum atomic E-state index is 4.31. The van der Waals surface area contributed by atoms with Crippen molar-refractivity contribution in [1.82, 2.24) is 70.2 Å². The highest BCUT2D eigenvalue weighted by Gasteiger charge is 2.22. The predicted octanol–water partition coefficient (Wildman–Crippen LogP) is 11.9. The molecule has 10 aromatic rings. The van der Waals surface area contributed by atoms with E-state index < -0.39 is 0 Å². The van der Waals surface area contributed by atoms with Crippen molar-refractivity contribution >= 4 is 55.3 Å². The number of nitrogens with one attached hydrogen (secondary N) is 5. The fourth-order valence-electron chi connectivity index (χ4n) is 7.39. The average molecular weight is 875 g/mol. The van der Waals surface area contributed by atoms with Gasteiger partial charge in [-0.1, -0.05) is 104 Å². The van der Waals surface area contributed by atoms with Crippen LogP contribution < -0.4 is 0 Å². The standard InChI is InChI=1S/C11H14N2.4C10H13N3/c1-11(2,3)9-7-13-10-8(9)5-4-6-12-10;1-10(2,3)8-5-12-9-7(8)4-11-6-13-9;1-10(2,3)7-6-13-9-8(7)11-4-5-12-9;1-10(2,3)8-6-11-9-7(8)4-5-12-13-9;1-10(2,3)8-7-5-4-6-11-9(7)13-12-8/h4-7H,1-3H3,(H,12,13);4-6H,1-3H3,(H,11,12,13);4-6H,1-3H3,(H,12,13);4-6H,1-3H3,(H,11,13);4-6H,1-3H3,(H,11,12,13). The van der Waals surface area contributed by atoms with Crippen LogP contribution in [0.2, 0.25) is 0 Å². The highest BCUT2D eigenvalue weighted by Crippen LogP contribution is 2.31. The molecule has 0 saturated carbocycles. The van der Waals surface area contributed by atoms with Gasteiger partial charge in [0.05, 0.1) is 11.9 Å². The zero-order chi connectivity index (χ0) is 47.4. The molecule has 0 amide bonds. The Bertz CT molecular complexity index is 2600. The maximum Gasteiger partial charge on any atom is 0.181 e. The molecule has 10 heterocycles. The number of nitrogens with zero attached hydrogens (tertiary/aromatic N) is 9. The van der Waals surface area contributed by atoms with Gasteiger partial charge in [-0.25, -0.2) is 24.9 Å². The number of rotatable bonds is 0. The number of pyridine rings is 2. The summed E-state index contributed by atoms with van der Waals surface area (Å²) in [6.45, 7) is 32.7. The summed E-state index contributed by atoms with van der Waals surface area (Å²) in [7, 11) is 0. The largest absolute Gasteiger partial charge is 0.346 e. The molecule has 10 aromatic heterocycles. The molecule has 0 aliphatic heterocycles. The summed E-state index contributed by atoms with van der Waals surface area (Å²) in [5, 5.41) is 19.7. The smallest absolute Gasteiger partial charge is 0.181 e. The van der Waals surface area contributed by atoms with Crippen molar-refractivity contribution in [2.24, 2.45) is 0 Å². The van der Waals surface area contributed by atoms with Crippen molar-refractivity contribution in [3.8, 4) is 0 Å². The van der Waals surface area contributed by atoms with Crippen molar-refractivity contribution in [2.75, 3.05) is 0 Å². The van der Waals surface area contributed by atoms with E-state index in [1.165, 1.54) is 33.0 Å². The van der Waals surface area contributed by atoms with E-state index in [9.17, 15) is 0 Å². The fraction of sp³-hybridized carbons (Fsp3) is 0.392. The second-order valence-corrected chi connectivity index (χ2v) is 21.3. The van der Waals surface area contributed by atoms with Gasteiger partial charge >= 0.3 is 0 Å². The number of fused-ring (bicyclic) bond motifs is 5. The third-order valence-electron chi connectivity index (χ3n) is 10.8. The van der Waals surface area contributed by atoms with Crippen molar-refractivity contribution < 1.29 is 0 Å². The molecule has 65 heavy (non-hydrogen) atoms. The van der Waals surface area contributed by atoms with E-state index >= 15 is 0 Å². The van der Waals surface area contributed by atoms with E-state index in [2.05, 4.69) is 186 Å². The summed E-state index contributed by atoms with van der Waals surface area (Å²) < 4.78 is 0. The van der Waals surface area contributed by atoms with Crippen molar-refractivity contribution in [3.05, 3.63) is 127 Å². The van der Waals surface area contributed by atoms with Gasteiger partial charge in [0.25, 0.3) is 0 Å². The summed E-state index contributed by atoms with van der Waals surface area (Å²) in [5.41, 5.74) is 12.4. The lowest BCUT2D eigenvalue weighted by Crippen LogP contribution is -2.11. The molecule has 0 fully saturated rings. The van der Waals surface area contributed by atoms with Crippen LogP contribution in [-0.4, -0.2) is 70.2 Å². The molecule has 14 heteroatoms. The normalized spacial score (nSPS) is 12.2. The third kappa shape index (κ3) is 11.5. The molecule has 0 atom stereocenters. The highest BCUT2D eigenvalue weighted by atomic mass is 15.2. The molecule has 0 unspecified atom stereocenters. The number of hydrogen-bond acceptors (Lipinski definition) is 9. The molecule has 0 bridgehead atoms. The molecule has 0 spiro atoms. The minimum Gasteiger partial charge on any atom is -0.346 e. The lowest BCUT2D eigenvalue weighted by atomic mass is 9.87. The maximum absolute atomic E-state index is 4.31. The molecule has 0 aliphatic carbocycles. The van der Waals surface area contributed by atoms with Crippen LogP contribution in [0.5, 0.6) is 0 Å². The lowest BCUT2D eigenvalue weighted by Gasteiger charge is -2.16. The Kier molecular flexibility index (Phi) is 13.7. The minimum atomic E-state index is 0.0950. The molecule has 0 radical (unpaired) electrons. The van der Waals surface area contributed by atoms with Crippen LogP contribution in [0.4, 0.5) is 0 Å². The van der Waals surface area contributed by atoms with Crippen LogP contribution in [-0.2, 0) is 27.1 Å². The number of aromatic nitrogens is 14. The Hall–Kier alpha value is -6.83. The van der Waals surface area contributed by atoms with Crippen LogP contribution in [0.3, 0.4) is 0 Å². The van der Waals surface area contributed by atoms with Gasteiger partial charge in [-0.3, -0.25) is 10.1 Å². The first-order chi connectivity index (χ1) is 30.4. The van der Waals surface area contributed by atoms with Crippen molar-refractivity contribution in [1.29, 1.82) is 0 Å². The molecule has 0 aromatic carbocycles. The summed E-state index contributed by atoms with van der Waals surface area (Å²) in [5.74, 6) is 0. The van der Waals surface area contributed by atoms with Gasteiger partial charge in [-0.15, -0.1) is 5.10 Å². The van der Waals surface area contributed by atoms with Gasteiger partial charge in [-0.2, -0.15) is 10.2 Å². The molecular weight excluding hydrogens is 809 g/mol. The van der Waals surface area contributed by atoms with E-state index in [-0.39, 0.29) is 27.1 Å². The Labute approximate surface area is 381 Å². The summed E-state index contributed by atoms with van der Waals surface area (Å²) in [4.78, 5) is 37.7. The second kappa shape index (κ2) is 18.7. The van der Waals surface area contributed by atoms with Crippen LogP contribution in [0.15, 0.2) is 98.6 Å². The second-order valence-electron chi connectivity index (χ2n) is 21.3. The van der Waals surface area contributed by atoms with Crippen LogP contribution in [0, 0.1) is 0 Å². The summed E-state index contributed by atoms with van der Waals surface area (Å²) >= 11 is 0. The Balaban J connectivity index is 0.000000135. The summed E-state index contributed by atoms with van der Waals surface area (Å²) in [6.07, 6.45) is 20.2. The predicted molar refractivity (Wildman–Crippen MR) is 265 cm³/mol. The molecular formula is C51H66N14.